The minimum absolute atomic E-state index is 0.0185. The van der Waals surface area contributed by atoms with Crippen LogP contribution in [-0.4, -0.2) is 61.9 Å². The first kappa shape index (κ1) is 20.3. The summed E-state index contributed by atoms with van der Waals surface area (Å²) in [7, 11) is 0. The van der Waals surface area contributed by atoms with Crippen molar-refractivity contribution in [1.29, 1.82) is 0 Å². The molecule has 5 fully saturated rings. The van der Waals surface area contributed by atoms with E-state index in [1.807, 2.05) is 18.2 Å². The number of nitrogens with zero attached hydrogens (tertiary/aromatic N) is 2. The van der Waals surface area contributed by atoms with Gasteiger partial charge in [-0.25, -0.2) is 0 Å². The molecule has 0 radical (unpaired) electrons. The summed E-state index contributed by atoms with van der Waals surface area (Å²) in [6.07, 6.45) is 5.94. The third kappa shape index (κ3) is 3.48. The molecule has 0 aromatic heterocycles. The number of rotatable bonds is 3. The highest BCUT2D eigenvalue weighted by molar-refractivity contribution is 6.30. The Kier molecular flexibility index (Phi) is 4.82. The van der Waals surface area contributed by atoms with E-state index < -0.39 is 0 Å². The lowest BCUT2D eigenvalue weighted by atomic mass is 9.53. The molecule has 3 saturated heterocycles. The van der Waals surface area contributed by atoms with Crippen LogP contribution in [0.15, 0.2) is 24.3 Å². The van der Waals surface area contributed by atoms with Crippen molar-refractivity contribution in [1.82, 2.24) is 4.90 Å². The summed E-state index contributed by atoms with van der Waals surface area (Å²) in [4.78, 5) is 17.8. The number of carbonyl (C=O) groups excluding carboxylic acids is 1. The lowest BCUT2D eigenvalue weighted by Crippen LogP contribution is -2.52. The van der Waals surface area contributed by atoms with Crippen molar-refractivity contribution in [2.45, 2.75) is 50.7 Å². The van der Waals surface area contributed by atoms with Crippen LogP contribution in [0.5, 0.6) is 0 Å². The molecule has 3 aliphatic heterocycles. The molecule has 6 heteroatoms. The second-order valence-electron chi connectivity index (χ2n) is 10.9. The van der Waals surface area contributed by atoms with Gasteiger partial charge >= 0.3 is 5.97 Å². The maximum atomic E-state index is 12.9. The van der Waals surface area contributed by atoms with Gasteiger partial charge in [0.2, 0.25) is 0 Å². The lowest BCUT2D eigenvalue weighted by Gasteiger charge is -2.51. The van der Waals surface area contributed by atoms with Crippen molar-refractivity contribution in [2.24, 2.45) is 23.2 Å². The van der Waals surface area contributed by atoms with E-state index >= 15 is 0 Å². The van der Waals surface area contributed by atoms with Crippen LogP contribution in [0.1, 0.15) is 39.0 Å². The smallest absolute Gasteiger partial charge is 0.310 e. The fourth-order valence-electron chi connectivity index (χ4n) is 7.31. The van der Waals surface area contributed by atoms with Crippen LogP contribution in [0.4, 0.5) is 5.69 Å². The SMILES string of the molecule is C[C@]12CCC[C@]3(CO3)[C@@H]1C[C@H]1[C@@H](C2)OC(=O)[C@@H]1CN1CCN(c2cccc(Cl)c2)CC1. The third-order valence-electron chi connectivity index (χ3n) is 9.08. The monoisotopic (exact) mass is 444 g/mol. The maximum absolute atomic E-state index is 12.9. The zero-order valence-electron chi connectivity index (χ0n) is 18.4. The second kappa shape index (κ2) is 7.36. The number of anilines is 1. The molecule has 6 atom stereocenters. The largest absolute Gasteiger partial charge is 0.462 e. The molecule has 2 aliphatic carbocycles. The summed E-state index contributed by atoms with van der Waals surface area (Å²) in [6.45, 7) is 8.06. The van der Waals surface area contributed by atoms with Crippen LogP contribution < -0.4 is 4.90 Å². The molecule has 1 spiro atoms. The van der Waals surface area contributed by atoms with E-state index in [2.05, 4.69) is 22.8 Å². The van der Waals surface area contributed by atoms with Crippen molar-refractivity contribution in [2.75, 3.05) is 44.2 Å². The van der Waals surface area contributed by atoms with Gasteiger partial charge in [0.1, 0.15) is 6.10 Å². The molecule has 2 saturated carbocycles. The molecule has 5 aliphatic rings. The quantitative estimate of drug-likeness (QED) is 0.521. The number of piperazine rings is 1. The topological polar surface area (TPSA) is 45.3 Å². The molecule has 31 heavy (non-hydrogen) atoms. The van der Waals surface area contributed by atoms with E-state index in [-0.39, 0.29) is 29.0 Å². The van der Waals surface area contributed by atoms with Crippen LogP contribution in [0.3, 0.4) is 0 Å². The van der Waals surface area contributed by atoms with E-state index in [0.29, 0.717) is 11.8 Å². The van der Waals surface area contributed by atoms with Crippen LogP contribution in [0.2, 0.25) is 5.02 Å². The number of carbonyl (C=O) groups is 1. The van der Waals surface area contributed by atoms with Gasteiger partial charge in [-0.3, -0.25) is 9.69 Å². The number of ether oxygens (including phenoxy) is 2. The average molecular weight is 445 g/mol. The number of epoxide rings is 1. The fourth-order valence-corrected chi connectivity index (χ4v) is 7.49. The van der Waals surface area contributed by atoms with E-state index in [1.54, 1.807) is 0 Å². The number of fused-ring (bicyclic) bond motifs is 3. The average Bonchev–Trinajstić information content (AvgIpc) is 3.45. The highest BCUT2D eigenvalue weighted by Gasteiger charge is 2.65. The van der Waals surface area contributed by atoms with Gasteiger partial charge < -0.3 is 14.4 Å². The molecule has 168 valence electrons. The highest BCUT2D eigenvalue weighted by Crippen LogP contribution is 2.62. The summed E-state index contributed by atoms with van der Waals surface area (Å²) in [5.41, 5.74) is 1.58. The number of hydrogen-bond acceptors (Lipinski definition) is 5. The Morgan fingerprint density at radius 2 is 2.00 bits per heavy atom. The van der Waals surface area contributed by atoms with Crippen molar-refractivity contribution in [3.8, 4) is 0 Å². The van der Waals surface area contributed by atoms with E-state index in [4.69, 9.17) is 21.1 Å². The van der Waals surface area contributed by atoms with E-state index in [9.17, 15) is 4.79 Å². The molecular weight excluding hydrogens is 412 g/mol. The molecule has 1 aromatic rings. The summed E-state index contributed by atoms with van der Waals surface area (Å²) in [5, 5.41) is 0.782. The number of esters is 1. The maximum Gasteiger partial charge on any atom is 0.310 e. The van der Waals surface area contributed by atoms with Gasteiger partial charge in [0.05, 0.1) is 18.1 Å². The Hall–Kier alpha value is -1.30. The van der Waals surface area contributed by atoms with Crippen LogP contribution >= 0.6 is 11.6 Å². The van der Waals surface area contributed by atoms with Crippen molar-refractivity contribution in [3.63, 3.8) is 0 Å². The van der Waals surface area contributed by atoms with Gasteiger partial charge in [0.15, 0.2) is 0 Å². The molecule has 0 amide bonds. The molecule has 6 rings (SSSR count). The van der Waals surface area contributed by atoms with E-state index in [1.165, 1.54) is 24.9 Å². The predicted octanol–water partition coefficient (Wildman–Crippen LogP) is 3.99. The van der Waals surface area contributed by atoms with Gasteiger partial charge in [0, 0.05) is 49.4 Å². The van der Waals surface area contributed by atoms with Gasteiger partial charge in [-0.2, -0.15) is 0 Å². The Morgan fingerprint density at radius 1 is 1.19 bits per heavy atom. The first-order chi connectivity index (χ1) is 15.0. The van der Waals surface area contributed by atoms with Gasteiger partial charge in [-0.15, -0.1) is 0 Å². The molecule has 0 unspecified atom stereocenters. The Labute approximate surface area is 190 Å². The standard InChI is InChI=1S/C25H33ClN2O3/c1-24-6-3-7-25(16-30-25)22(24)13-19-20(23(29)31-21(19)14-24)15-27-8-10-28(11-9-27)18-5-2-4-17(26)12-18/h2,4-5,12,19-22H,3,6-11,13-16H2,1H3/t19-,20-,21-,22-,24-,25+/m1/s1. The zero-order chi connectivity index (χ0) is 21.2. The summed E-state index contributed by atoms with van der Waals surface area (Å²) in [6, 6.07) is 8.09. The Bertz CT molecular complexity index is 866. The Morgan fingerprint density at radius 3 is 2.74 bits per heavy atom. The number of halogens is 1. The number of hydrogen-bond donors (Lipinski definition) is 0. The van der Waals surface area contributed by atoms with Crippen LogP contribution in [0, 0.1) is 23.2 Å². The molecule has 1 aromatic carbocycles. The first-order valence-corrected chi connectivity index (χ1v) is 12.4. The minimum Gasteiger partial charge on any atom is -0.462 e. The van der Waals surface area contributed by atoms with Crippen LogP contribution in [0.25, 0.3) is 0 Å². The van der Waals surface area contributed by atoms with Crippen LogP contribution in [-0.2, 0) is 14.3 Å². The van der Waals surface area contributed by atoms with Crippen molar-refractivity contribution >= 4 is 23.3 Å². The number of benzene rings is 1. The molecule has 0 N–H and O–H groups in total. The lowest BCUT2D eigenvalue weighted by molar-refractivity contribution is -0.147. The molecule has 0 bridgehead atoms. The van der Waals surface area contributed by atoms with Gasteiger partial charge in [0.25, 0.3) is 0 Å². The zero-order valence-corrected chi connectivity index (χ0v) is 19.2. The molecule has 5 nitrogen and oxygen atoms in total. The summed E-state index contributed by atoms with van der Waals surface area (Å²) < 4.78 is 12.0. The fraction of sp³-hybridized carbons (Fsp3) is 0.720. The van der Waals surface area contributed by atoms with Crippen molar-refractivity contribution < 1.29 is 14.3 Å². The minimum atomic E-state index is 0.0185. The first-order valence-electron chi connectivity index (χ1n) is 12.0. The van der Waals surface area contributed by atoms with Crippen molar-refractivity contribution in [3.05, 3.63) is 29.3 Å². The molecular formula is C25H33ClN2O3. The van der Waals surface area contributed by atoms with E-state index in [0.717, 1.165) is 57.2 Å². The summed E-state index contributed by atoms with van der Waals surface area (Å²) in [5.74, 6) is 1.01. The highest BCUT2D eigenvalue weighted by atomic mass is 35.5. The van der Waals surface area contributed by atoms with Gasteiger partial charge in [-0.1, -0.05) is 24.6 Å². The third-order valence-corrected chi connectivity index (χ3v) is 9.31. The predicted molar refractivity (Wildman–Crippen MR) is 120 cm³/mol. The normalized spacial score (nSPS) is 42.3. The molecule has 3 heterocycles. The second-order valence-corrected chi connectivity index (χ2v) is 11.3. The van der Waals surface area contributed by atoms with Gasteiger partial charge in [-0.05, 0) is 61.6 Å². The summed E-state index contributed by atoms with van der Waals surface area (Å²) >= 11 is 6.17. The Balaban J connectivity index is 1.12.